The van der Waals surface area contributed by atoms with Crippen molar-refractivity contribution in [3.63, 3.8) is 0 Å². The third-order valence-electron chi connectivity index (χ3n) is 4.41. The van der Waals surface area contributed by atoms with Gasteiger partial charge in [-0.05, 0) is 42.8 Å². The second-order valence-electron chi connectivity index (χ2n) is 6.62. The van der Waals surface area contributed by atoms with Crippen molar-refractivity contribution in [3.05, 3.63) is 65.7 Å². The molecular weight excluding hydrogens is 372 g/mol. The Balaban J connectivity index is 1.58. The molecule has 0 bridgehead atoms. The van der Waals surface area contributed by atoms with Crippen LogP contribution in [0.1, 0.15) is 24.0 Å². The zero-order chi connectivity index (χ0) is 20.2. The maximum atomic E-state index is 9.31. The fraction of sp³-hybridized carbons (Fsp3) is 0.250. The lowest BCUT2D eigenvalue weighted by Gasteiger charge is -2.06. The van der Waals surface area contributed by atoms with E-state index in [1.54, 1.807) is 23.7 Å². The topological polar surface area (TPSA) is 118 Å². The van der Waals surface area contributed by atoms with E-state index in [1.165, 1.54) is 0 Å². The number of hydrogen-bond acceptors (Lipinski definition) is 8. The number of oxime groups is 1. The highest BCUT2D eigenvalue weighted by molar-refractivity contribution is 5.96. The van der Waals surface area contributed by atoms with E-state index in [0.717, 1.165) is 16.5 Å². The minimum absolute atomic E-state index is 0.0925. The van der Waals surface area contributed by atoms with Gasteiger partial charge in [0.05, 0.1) is 12.1 Å². The number of fused-ring (bicyclic) bond motifs is 2. The highest BCUT2D eigenvalue weighted by Gasteiger charge is 2.11. The zero-order valence-corrected chi connectivity index (χ0v) is 15.8. The van der Waals surface area contributed by atoms with Crippen molar-refractivity contribution in [2.45, 2.75) is 19.4 Å². The Bertz CT molecular complexity index is 1170. The Kier molecular flexibility index (Phi) is 5.41. The van der Waals surface area contributed by atoms with Crippen LogP contribution < -0.4 is 0 Å². The van der Waals surface area contributed by atoms with Gasteiger partial charge < -0.3 is 15.1 Å². The van der Waals surface area contributed by atoms with E-state index in [9.17, 15) is 5.11 Å². The summed E-state index contributed by atoms with van der Waals surface area (Å²) >= 11 is 0. The highest BCUT2D eigenvalue weighted by atomic mass is 16.6. The predicted molar refractivity (Wildman–Crippen MR) is 107 cm³/mol. The van der Waals surface area contributed by atoms with Crippen molar-refractivity contribution in [1.29, 1.82) is 0 Å². The van der Waals surface area contributed by atoms with Crippen LogP contribution in [0.2, 0.25) is 0 Å². The predicted octanol–water partition coefficient (Wildman–Crippen LogP) is 1.36. The van der Waals surface area contributed by atoms with Crippen LogP contribution in [0.3, 0.4) is 0 Å². The first-order valence-corrected chi connectivity index (χ1v) is 9.15. The molecule has 0 spiro atoms. The van der Waals surface area contributed by atoms with E-state index in [2.05, 4.69) is 31.5 Å². The summed E-state index contributed by atoms with van der Waals surface area (Å²) in [5.41, 5.74) is 3.79. The number of nitrogens with zero attached hydrogens (tertiary/aromatic N) is 6. The number of hydrogen-bond donors (Lipinski definition) is 2. The van der Waals surface area contributed by atoms with Crippen LogP contribution in [0.15, 0.2) is 53.8 Å². The summed E-state index contributed by atoms with van der Waals surface area (Å²) in [5, 5.41) is 36.2. The van der Waals surface area contributed by atoms with Gasteiger partial charge in [-0.1, -0.05) is 17.3 Å². The third-order valence-corrected chi connectivity index (χ3v) is 4.41. The van der Waals surface area contributed by atoms with Gasteiger partial charge in [0.15, 0.2) is 11.5 Å². The second-order valence-corrected chi connectivity index (χ2v) is 6.62. The molecule has 0 saturated heterocycles. The average molecular weight is 392 g/mol. The Morgan fingerprint density at radius 2 is 2.10 bits per heavy atom. The molecule has 4 aromatic rings. The number of aromatic nitrogens is 5. The maximum absolute atomic E-state index is 9.31. The van der Waals surface area contributed by atoms with Gasteiger partial charge in [0.2, 0.25) is 0 Å². The molecule has 3 heterocycles. The second kappa shape index (κ2) is 8.29. The summed E-state index contributed by atoms with van der Waals surface area (Å²) < 4.78 is 1.68. The SMILES string of the molecule is C/C(=N\OCC(O)CO)c1ccc2nnc(Cc3ccc4ncccc4c3)n2n1. The van der Waals surface area contributed by atoms with Crippen LogP contribution in [-0.4, -0.2) is 60.0 Å². The molecule has 4 rings (SSSR count). The lowest BCUT2D eigenvalue weighted by molar-refractivity contribution is 0.00831. The number of aliphatic hydroxyl groups excluding tert-OH is 2. The first kappa shape index (κ1) is 18.9. The van der Waals surface area contributed by atoms with Crippen molar-refractivity contribution in [2.75, 3.05) is 13.2 Å². The van der Waals surface area contributed by atoms with E-state index in [-0.39, 0.29) is 13.2 Å². The molecule has 0 saturated carbocycles. The fourth-order valence-corrected chi connectivity index (χ4v) is 2.87. The minimum atomic E-state index is -0.969. The molecule has 29 heavy (non-hydrogen) atoms. The summed E-state index contributed by atoms with van der Waals surface area (Å²) in [7, 11) is 0. The molecule has 1 unspecified atom stereocenters. The van der Waals surface area contributed by atoms with Crippen molar-refractivity contribution in [1.82, 2.24) is 24.8 Å². The smallest absolute Gasteiger partial charge is 0.177 e. The molecule has 1 aromatic carbocycles. The Morgan fingerprint density at radius 1 is 1.21 bits per heavy atom. The molecule has 0 aliphatic rings. The van der Waals surface area contributed by atoms with E-state index in [0.29, 0.717) is 29.3 Å². The molecule has 2 N–H and O–H groups in total. The summed E-state index contributed by atoms with van der Waals surface area (Å²) in [4.78, 5) is 9.40. The third kappa shape index (κ3) is 4.20. The summed E-state index contributed by atoms with van der Waals surface area (Å²) in [5.74, 6) is 0.703. The molecule has 1 atom stereocenters. The van der Waals surface area contributed by atoms with E-state index in [4.69, 9.17) is 9.94 Å². The van der Waals surface area contributed by atoms with Crippen LogP contribution >= 0.6 is 0 Å². The average Bonchev–Trinajstić information content (AvgIpc) is 3.15. The Hall–Kier alpha value is -3.43. The van der Waals surface area contributed by atoms with E-state index < -0.39 is 6.10 Å². The molecule has 0 aliphatic heterocycles. The monoisotopic (exact) mass is 392 g/mol. The molecule has 3 aromatic heterocycles. The van der Waals surface area contributed by atoms with Crippen LogP contribution in [-0.2, 0) is 11.3 Å². The van der Waals surface area contributed by atoms with E-state index >= 15 is 0 Å². The van der Waals surface area contributed by atoms with Crippen molar-refractivity contribution < 1.29 is 15.1 Å². The van der Waals surface area contributed by atoms with Crippen molar-refractivity contribution in [2.24, 2.45) is 5.16 Å². The lowest BCUT2D eigenvalue weighted by Crippen LogP contribution is -2.18. The quantitative estimate of drug-likeness (QED) is 0.360. The fourth-order valence-electron chi connectivity index (χ4n) is 2.87. The summed E-state index contributed by atoms with van der Waals surface area (Å²) in [6, 6.07) is 13.6. The molecule has 0 amide bonds. The minimum Gasteiger partial charge on any atom is -0.394 e. The first-order chi connectivity index (χ1) is 14.1. The molecular formula is C20H20N6O3. The Labute approximate surface area is 166 Å². The van der Waals surface area contributed by atoms with Gasteiger partial charge in [-0.15, -0.1) is 10.2 Å². The standard InChI is InChI=1S/C20H20N6O3/c1-13(25-29-12-16(28)11-27)17-6-7-19-22-23-20(26(19)24-17)10-14-4-5-18-15(9-14)3-2-8-21-18/h2-9,16,27-28H,10-12H2,1H3/b25-13+. The lowest BCUT2D eigenvalue weighted by atomic mass is 10.1. The summed E-state index contributed by atoms with van der Waals surface area (Å²) in [6.07, 6.45) is 1.37. The maximum Gasteiger partial charge on any atom is 0.177 e. The zero-order valence-electron chi connectivity index (χ0n) is 15.8. The van der Waals surface area contributed by atoms with Gasteiger partial charge in [-0.25, -0.2) is 0 Å². The number of aliphatic hydroxyl groups is 2. The van der Waals surface area contributed by atoms with Crippen LogP contribution in [0, 0.1) is 0 Å². The van der Waals surface area contributed by atoms with Gasteiger partial charge >= 0.3 is 0 Å². The van der Waals surface area contributed by atoms with Gasteiger partial charge in [-0.2, -0.15) is 9.61 Å². The first-order valence-electron chi connectivity index (χ1n) is 9.15. The molecule has 0 radical (unpaired) electrons. The van der Waals surface area contributed by atoms with Gasteiger partial charge in [0.1, 0.15) is 24.1 Å². The van der Waals surface area contributed by atoms with Crippen molar-refractivity contribution in [3.8, 4) is 0 Å². The largest absolute Gasteiger partial charge is 0.394 e. The van der Waals surface area contributed by atoms with Crippen molar-refractivity contribution >= 4 is 22.3 Å². The molecule has 0 fully saturated rings. The number of rotatable bonds is 7. The van der Waals surface area contributed by atoms with E-state index in [1.807, 2.05) is 30.3 Å². The normalized spacial score (nSPS) is 13.1. The highest BCUT2D eigenvalue weighted by Crippen LogP contribution is 2.16. The molecule has 0 aliphatic carbocycles. The van der Waals surface area contributed by atoms with Gasteiger partial charge in [0.25, 0.3) is 0 Å². The van der Waals surface area contributed by atoms with Gasteiger partial charge in [0, 0.05) is 18.0 Å². The van der Waals surface area contributed by atoms with Crippen LogP contribution in [0.5, 0.6) is 0 Å². The molecule has 9 nitrogen and oxygen atoms in total. The molecule has 148 valence electrons. The number of benzene rings is 1. The molecule has 9 heteroatoms. The summed E-state index contributed by atoms with van der Waals surface area (Å²) in [6.45, 7) is 1.28. The Morgan fingerprint density at radius 3 is 2.97 bits per heavy atom. The van der Waals surface area contributed by atoms with Gasteiger partial charge in [-0.3, -0.25) is 4.98 Å². The van der Waals surface area contributed by atoms with Crippen LogP contribution in [0.4, 0.5) is 0 Å². The van der Waals surface area contributed by atoms with Crippen LogP contribution in [0.25, 0.3) is 16.6 Å². The number of pyridine rings is 1.